The van der Waals surface area contributed by atoms with Crippen LogP contribution in [0, 0.1) is 5.92 Å². The largest absolute Gasteiger partial charge is 0.384 e. The third kappa shape index (κ3) is 3.67. The fourth-order valence-electron chi connectivity index (χ4n) is 2.39. The first-order valence-corrected chi connectivity index (χ1v) is 6.73. The lowest BCUT2D eigenvalue weighted by Crippen LogP contribution is -2.34. The highest BCUT2D eigenvalue weighted by atomic mass is 16.2. The van der Waals surface area contributed by atoms with Crippen LogP contribution in [0.1, 0.15) is 19.3 Å². The summed E-state index contributed by atoms with van der Waals surface area (Å²) in [5.74, 6) is 1.13. The molecule has 2 N–H and O–H groups in total. The molecule has 1 aromatic rings. The predicted octanol–water partition coefficient (Wildman–Crippen LogP) is 1.36. The molecule has 1 aromatic heterocycles. The smallest absolute Gasteiger partial charge is 0.227 e. The minimum absolute atomic E-state index is 0.154. The minimum atomic E-state index is 0.154. The standard InChI is InChI=1S/C14H22N4O/c1-17-7-5-11(6-8-17)9-14(19)18(2)12-3-4-13(15)16-10-12/h3-4,10-11H,5-9H2,1-2H3,(H2,15,16). The molecule has 19 heavy (non-hydrogen) atoms. The van der Waals surface area contributed by atoms with Gasteiger partial charge in [-0.2, -0.15) is 0 Å². The van der Waals surface area contributed by atoms with Crippen molar-refractivity contribution in [2.24, 2.45) is 5.92 Å². The number of nitrogens with two attached hydrogens (primary N) is 1. The zero-order chi connectivity index (χ0) is 13.8. The summed E-state index contributed by atoms with van der Waals surface area (Å²) in [6.07, 6.45) is 4.47. The van der Waals surface area contributed by atoms with Crippen LogP contribution in [-0.4, -0.2) is 43.0 Å². The van der Waals surface area contributed by atoms with Crippen molar-refractivity contribution < 1.29 is 4.79 Å². The molecule has 5 heteroatoms. The van der Waals surface area contributed by atoms with Crippen molar-refractivity contribution in [2.75, 3.05) is 37.8 Å². The highest BCUT2D eigenvalue weighted by Crippen LogP contribution is 2.22. The van der Waals surface area contributed by atoms with E-state index in [2.05, 4.69) is 16.9 Å². The third-order valence-corrected chi connectivity index (χ3v) is 3.83. The van der Waals surface area contributed by atoms with Gasteiger partial charge in [0.25, 0.3) is 0 Å². The van der Waals surface area contributed by atoms with E-state index in [0.29, 0.717) is 18.2 Å². The predicted molar refractivity (Wildman–Crippen MR) is 76.9 cm³/mol. The SMILES string of the molecule is CN1CCC(CC(=O)N(C)c2ccc(N)nc2)CC1. The van der Waals surface area contributed by atoms with Crippen LogP contribution in [0.4, 0.5) is 11.5 Å². The summed E-state index contributed by atoms with van der Waals surface area (Å²) in [5.41, 5.74) is 6.34. The van der Waals surface area contributed by atoms with Crippen LogP contribution in [0.15, 0.2) is 18.3 Å². The Kier molecular flexibility index (Phi) is 4.37. The Morgan fingerprint density at radius 2 is 2.16 bits per heavy atom. The van der Waals surface area contributed by atoms with E-state index in [1.54, 1.807) is 24.2 Å². The Bertz CT molecular complexity index is 424. The Labute approximate surface area is 114 Å². The van der Waals surface area contributed by atoms with Crippen LogP contribution < -0.4 is 10.6 Å². The number of aromatic nitrogens is 1. The van der Waals surface area contributed by atoms with E-state index in [9.17, 15) is 4.79 Å². The van der Waals surface area contributed by atoms with Crippen LogP contribution in [0.25, 0.3) is 0 Å². The maximum atomic E-state index is 12.2. The van der Waals surface area contributed by atoms with Gasteiger partial charge < -0.3 is 15.5 Å². The molecule has 1 saturated heterocycles. The number of carbonyl (C=O) groups is 1. The number of hydrogen-bond acceptors (Lipinski definition) is 4. The molecule has 0 atom stereocenters. The molecule has 1 fully saturated rings. The number of amides is 1. The number of carbonyl (C=O) groups excluding carboxylic acids is 1. The zero-order valence-electron chi connectivity index (χ0n) is 11.7. The van der Waals surface area contributed by atoms with E-state index in [0.717, 1.165) is 31.6 Å². The summed E-state index contributed by atoms with van der Waals surface area (Å²) in [7, 11) is 3.93. The van der Waals surface area contributed by atoms with Gasteiger partial charge in [0.15, 0.2) is 0 Å². The number of pyridine rings is 1. The summed E-state index contributed by atoms with van der Waals surface area (Å²) in [5, 5.41) is 0. The van der Waals surface area contributed by atoms with Crippen molar-refractivity contribution in [1.82, 2.24) is 9.88 Å². The van der Waals surface area contributed by atoms with Crippen molar-refractivity contribution in [1.29, 1.82) is 0 Å². The molecule has 1 aliphatic rings. The first-order chi connectivity index (χ1) is 9.06. The van der Waals surface area contributed by atoms with Gasteiger partial charge in [0.05, 0.1) is 11.9 Å². The van der Waals surface area contributed by atoms with E-state index < -0.39 is 0 Å². The van der Waals surface area contributed by atoms with Crippen LogP contribution in [-0.2, 0) is 4.79 Å². The number of nitrogens with zero attached hydrogens (tertiary/aromatic N) is 3. The second-order valence-corrected chi connectivity index (χ2v) is 5.34. The quantitative estimate of drug-likeness (QED) is 0.893. The van der Waals surface area contributed by atoms with Gasteiger partial charge in [0, 0.05) is 13.5 Å². The summed E-state index contributed by atoms with van der Waals surface area (Å²) in [6, 6.07) is 3.55. The average molecular weight is 262 g/mol. The summed E-state index contributed by atoms with van der Waals surface area (Å²) >= 11 is 0. The molecule has 0 spiro atoms. The van der Waals surface area contributed by atoms with Gasteiger partial charge in [-0.1, -0.05) is 0 Å². The summed E-state index contributed by atoms with van der Waals surface area (Å²) in [4.78, 5) is 20.2. The first kappa shape index (κ1) is 13.8. The van der Waals surface area contributed by atoms with Gasteiger partial charge >= 0.3 is 0 Å². The molecule has 0 radical (unpaired) electrons. The van der Waals surface area contributed by atoms with E-state index in [-0.39, 0.29) is 5.91 Å². The molecule has 1 amide bonds. The number of likely N-dealkylation sites (tertiary alicyclic amines) is 1. The fourth-order valence-corrected chi connectivity index (χ4v) is 2.39. The molecule has 5 nitrogen and oxygen atoms in total. The monoisotopic (exact) mass is 262 g/mol. The van der Waals surface area contributed by atoms with E-state index >= 15 is 0 Å². The molecule has 0 bridgehead atoms. The maximum absolute atomic E-state index is 12.2. The minimum Gasteiger partial charge on any atom is -0.384 e. The van der Waals surface area contributed by atoms with Gasteiger partial charge in [-0.25, -0.2) is 4.98 Å². The fraction of sp³-hybridized carbons (Fsp3) is 0.571. The highest BCUT2D eigenvalue weighted by Gasteiger charge is 2.21. The van der Waals surface area contributed by atoms with Crippen LogP contribution >= 0.6 is 0 Å². The lowest BCUT2D eigenvalue weighted by molar-refractivity contribution is -0.119. The Morgan fingerprint density at radius 1 is 1.47 bits per heavy atom. The van der Waals surface area contributed by atoms with Crippen molar-refractivity contribution in [3.8, 4) is 0 Å². The van der Waals surface area contributed by atoms with Crippen LogP contribution in [0.3, 0.4) is 0 Å². The number of rotatable bonds is 3. The van der Waals surface area contributed by atoms with E-state index in [4.69, 9.17) is 5.73 Å². The molecule has 0 unspecified atom stereocenters. The van der Waals surface area contributed by atoms with Gasteiger partial charge in [-0.15, -0.1) is 0 Å². The average Bonchev–Trinajstić information content (AvgIpc) is 2.41. The van der Waals surface area contributed by atoms with Crippen molar-refractivity contribution in [3.63, 3.8) is 0 Å². The van der Waals surface area contributed by atoms with Crippen LogP contribution in [0.5, 0.6) is 0 Å². The summed E-state index contributed by atoms with van der Waals surface area (Å²) < 4.78 is 0. The number of anilines is 2. The molecule has 1 aliphatic heterocycles. The lowest BCUT2D eigenvalue weighted by atomic mass is 9.93. The third-order valence-electron chi connectivity index (χ3n) is 3.83. The van der Waals surface area contributed by atoms with Gasteiger partial charge in [-0.3, -0.25) is 4.79 Å². The Hall–Kier alpha value is -1.62. The zero-order valence-corrected chi connectivity index (χ0v) is 11.7. The van der Waals surface area contributed by atoms with E-state index in [1.807, 2.05) is 6.07 Å². The molecule has 104 valence electrons. The van der Waals surface area contributed by atoms with Gasteiger partial charge in [0.2, 0.25) is 5.91 Å². The van der Waals surface area contributed by atoms with E-state index in [1.165, 1.54) is 0 Å². The van der Waals surface area contributed by atoms with Gasteiger partial charge in [0.1, 0.15) is 5.82 Å². The molecular weight excluding hydrogens is 240 g/mol. The molecule has 0 aliphatic carbocycles. The molecule has 2 rings (SSSR count). The Morgan fingerprint density at radius 3 is 2.74 bits per heavy atom. The first-order valence-electron chi connectivity index (χ1n) is 6.73. The second-order valence-electron chi connectivity index (χ2n) is 5.34. The molecule has 0 saturated carbocycles. The second kappa shape index (κ2) is 6.02. The van der Waals surface area contributed by atoms with Crippen LogP contribution in [0.2, 0.25) is 0 Å². The number of piperidine rings is 1. The number of hydrogen-bond donors (Lipinski definition) is 1. The molecule has 0 aromatic carbocycles. The van der Waals surface area contributed by atoms with Crippen molar-refractivity contribution in [2.45, 2.75) is 19.3 Å². The highest BCUT2D eigenvalue weighted by molar-refractivity contribution is 5.92. The maximum Gasteiger partial charge on any atom is 0.227 e. The van der Waals surface area contributed by atoms with Crippen molar-refractivity contribution >= 4 is 17.4 Å². The lowest BCUT2D eigenvalue weighted by Gasteiger charge is -2.29. The number of nitrogen functional groups attached to an aromatic ring is 1. The molecular formula is C14H22N4O. The molecule has 2 heterocycles. The topological polar surface area (TPSA) is 62.5 Å². The van der Waals surface area contributed by atoms with Gasteiger partial charge in [-0.05, 0) is 51.0 Å². The normalized spacial score (nSPS) is 17.4. The van der Waals surface area contributed by atoms with Crippen molar-refractivity contribution in [3.05, 3.63) is 18.3 Å². The summed E-state index contributed by atoms with van der Waals surface area (Å²) in [6.45, 7) is 2.18. The Balaban J connectivity index is 1.90.